The minimum absolute atomic E-state index is 0.0226. The quantitative estimate of drug-likeness (QED) is 0.823. The predicted octanol–water partition coefficient (Wildman–Crippen LogP) is 3.09. The van der Waals surface area contributed by atoms with E-state index < -0.39 is 19.3 Å². The van der Waals surface area contributed by atoms with E-state index in [-0.39, 0.29) is 32.9 Å². The van der Waals surface area contributed by atoms with Crippen LogP contribution in [0.15, 0.2) is 18.2 Å². The largest absolute Gasteiger partial charge is 0.477 e. The van der Waals surface area contributed by atoms with Gasteiger partial charge in [-0.3, -0.25) is 4.57 Å². The number of hydrogen-bond donors (Lipinski definition) is 2. The second kappa shape index (κ2) is 5.91. The normalized spacial score (nSPS) is 14.1. The molecule has 0 bridgehead atoms. The van der Waals surface area contributed by atoms with Crippen LogP contribution in [-0.2, 0) is 9.09 Å². The SMILES string of the molecule is CCOP(=O)(O)c1cc(C(=O)O)nc2cc(Cl)cc(Cl)c12. The minimum atomic E-state index is -4.23. The highest BCUT2D eigenvalue weighted by molar-refractivity contribution is 7.61. The number of nitrogens with zero attached hydrogens (tertiary/aromatic N) is 1. The minimum Gasteiger partial charge on any atom is -0.477 e. The highest BCUT2D eigenvalue weighted by atomic mass is 35.5. The average molecular weight is 350 g/mol. The van der Waals surface area contributed by atoms with Crippen LogP contribution in [0.3, 0.4) is 0 Å². The maximum Gasteiger partial charge on any atom is 0.359 e. The molecule has 1 atom stereocenters. The van der Waals surface area contributed by atoms with Crippen LogP contribution in [0.4, 0.5) is 0 Å². The molecule has 0 saturated carbocycles. The lowest BCUT2D eigenvalue weighted by Crippen LogP contribution is -2.14. The number of hydrogen-bond acceptors (Lipinski definition) is 4. The summed E-state index contributed by atoms with van der Waals surface area (Å²) in [6, 6.07) is 3.73. The number of pyridine rings is 1. The van der Waals surface area contributed by atoms with E-state index in [1.54, 1.807) is 6.92 Å². The third kappa shape index (κ3) is 3.20. The number of carboxylic acid groups (broad SMARTS) is 1. The molecule has 0 fully saturated rings. The van der Waals surface area contributed by atoms with Crippen LogP contribution in [0.2, 0.25) is 10.0 Å². The summed E-state index contributed by atoms with van der Waals surface area (Å²) in [5.41, 5.74) is -0.291. The number of halogens is 2. The first-order chi connectivity index (χ1) is 9.76. The number of aromatic carboxylic acids is 1. The van der Waals surface area contributed by atoms with Crippen molar-refractivity contribution in [3.8, 4) is 0 Å². The van der Waals surface area contributed by atoms with Crippen molar-refractivity contribution in [3.63, 3.8) is 0 Å². The van der Waals surface area contributed by atoms with Gasteiger partial charge in [0.2, 0.25) is 0 Å². The monoisotopic (exact) mass is 349 g/mol. The molecule has 0 aliphatic heterocycles. The van der Waals surface area contributed by atoms with Crippen LogP contribution in [0.1, 0.15) is 17.4 Å². The Bertz CT molecular complexity index is 780. The summed E-state index contributed by atoms with van der Waals surface area (Å²) in [4.78, 5) is 25.0. The van der Waals surface area contributed by atoms with Crippen molar-refractivity contribution in [2.24, 2.45) is 0 Å². The van der Waals surface area contributed by atoms with Gasteiger partial charge in [0.25, 0.3) is 0 Å². The smallest absolute Gasteiger partial charge is 0.359 e. The summed E-state index contributed by atoms with van der Waals surface area (Å²) in [6.45, 7) is 1.52. The first-order valence-corrected chi connectivity index (χ1v) is 8.10. The molecule has 6 nitrogen and oxygen atoms in total. The Hall–Kier alpha value is -1.17. The van der Waals surface area contributed by atoms with Gasteiger partial charge in [0, 0.05) is 10.4 Å². The van der Waals surface area contributed by atoms with Gasteiger partial charge in [-0.1, -0.05) is 23.2 Å². The molecule has 1 aromatic carbocycles. The zero-order valence-corrected chi connectivity index (χ0v) is 13.1. The number of fused-ring (bicyclic) bond motifs is 1. The van der Waals surface area contributed by atoms with Gasteiger partial charge in [0.1, 0.15) is 5.69 Å². The van der Waals surface area contributed by atoms with E-state index in [9.17, 15) is 14.3 Å². The van der Waals surface area contributed by atoms with Gasteiger partial charge >= 0.3 is 13.6 Å². The fourth-order valence-electron chi connectivity index (χ4n) is 1.84. The summed E-state index contributed by atoms with van der Waals surface area (Å²) in [6.07, 6.45) is 0. The van der Waals surface area contributed by atoms with Crippen molar-refractivity contribution in [3.05, 3.63) is 33.9 Å². The molecule has 1 unspecified atom stereocenters. The fraction of sp³-hybridized carbons (Fsp3) is 0.167. The Morgan fingerprint density at radius 1 is 1.38 bits per heavy atom. The molecule has 2 aromatic rings. The number of aromatic nitrogens is 1. The Balaban J connectivity index is 2.90. The van der Waals surface area contributed by atoms with Gasteiger partial charge in [-0.05, 0) is 25.1 Å². The summed E-state index contributed by atoms with van der Waals surface area (Å²) >= 11 is 11.9. The van der Waals surface area contributed by atoms with Gasteiger partial charge in [0.15, 0.2) is 0 Å². The van der Waals surface area contributed by atoms with Crippen LogP contribution in [0, 0.1) is 0 Å². The molecule has 0 spiro atoms. The lowest BCUT2D eigenvalue weighted by molar-refractivity contribution is 0.0691. The Labute approximate surface area is 129 Å². The number of rotatable bonds is 4. The second-order valence-corrected chi connectivity index (χ2v) is 6.68. The Morgan fingerprint density at radius 2 is 2.05 bits per heavy atom. The van der Waals surface area contributed by atoms with E-state index in [1.807, 2.05) is 0 Å². The van der Waals surface area contributed by atoms with Crippen LogP contribution in [0.5, 0.6) is 0 Å². The Kier molecular flexibility index (Phi) is 4.56. The molecular formula is C12H10Cl2NO5P. The van der Waals surface area contributed by atoms with Gasteiger partial charge in [-0.25, -0.2) is 9.78 Å². The van der Waals surface area contributed by atoms with E-state index in [1.165, 1.54) is 12.1 Å². The first kappa shape index (κ1) is 16.2. The topological polar surface area (TPSA) is 96.7 Å². The molecule has 112 valence electrons. The van der Waals surface area contributed by atoms with E-state index in [0.717, 1.165) is 6.07 Å². The summed E-state index contributed by atoms with van der Waals surface area (Å²) in [7, 11) is -4.23. The first-order valence-electron chi connectivity index (χ1n) is 5.77. The second-order valence-electron chi connectivity index (χ2n) is 4.05. The van der Waals surface area contributed by atoms with Gasteiger partial charge in [-0.2, -0.15) is 0 Å². The third-order valence-electron chi connectivity index (χ3n) is 2.63. The van der Waals surface area contributed by atoms with Crippen molar-refractivity contribution >= 4 is 53.0 Å². The zero-order valence-electron chi connectivity index (χ0n) is 10.7. The number of carboxylic acids is 1. The van der Waals surface area contributed by atoms with E-state index in [4.69, 9.17) is 32.8 Å². The molecule has 0 aliphatic rings. The molecule has 0 saturated heterocycles. The van der Waals surface area contributed by atoms with Crippen molar-refractivity contribution in [1.82, 2.24) is 4.98 Å². The number of carbonyl (C=O) groups is 1. The molecule has 21 heavy (non-hydrogen) atoms. The number of benzene rings is 1. The summed E-state index contributed by atoms with van der Waals surface area (Å²) in [5, 5.41) is 9.31. The molecular weight excluding hydrogens is 340 g/mol. The van der Waals surface area contributed by atoms with E-state index in [2.05, 4.69) is 4.98 Å². The fourth-order valence-corrected chi connectivity index (χ4v) is 3.78. The molecule has 1 aromatic heterocycles. The molecule has 1 heterocycles. The van der Waals surface area contributed by atoms with Gasteiger partial charge in [-0.15, -0.1) is 0 Å². The molecule has 2 N–H and O–H groups in total. The standard InChI is InChI=1S/C12H10Cl2NO5P/c1-2-20-21(18,19)10-5-9(12(16)17)15-8-4-6(13)3-7(14)11(8)10/h3-5H,2H2,1H3,(H,16,17)(H,18,19). The van der Waals surface area contributed by atoms with Crippen LogP contribution < -0.4 is 5.30 Å². The maximum atomic E-state index is 12.3. The Morgan fingerprint density at radius 3 is 2.62 bits per heavy atom. The van der Waals surface area contributed by atoms with Crippen LogP contribution >= 0.6 is 30.8 Å². The molecule has 0 aliphatic carbocycles. The molecule has 2 rings (SSSR count). The van der Waals surface area contributed by atoms with Gasteiger partial charge in [0.05, 0.1) is 22.5 Å². The van der Waals surface area contributed by atoms with Gasteiger partial charge < -0.3 is 14.5 Å². The highest BCUT2D eigenvalue weighted by Crippen LogP contribution is 2.44. The predicted molar refractivity (Wildman–Crippen MR) is 79.8 cm³/mol. The van der Waals surface area contributed by atoms with Crippen molar-refractivity contribution in [1.29, 1.82) is 0 Å². The van der Waals surface area contributed by atoms with Crippen LogP contribution in [0.25, 0.3) is 10.9 Å². The summed E-state index contributed by atoms with van der Waals surface area (Å²) < 4.78 is 17.1. The van der Waals surface area contributed by atoms with Crippen molar-refractivity contribution < 1.29 is 23.9 Å². The summed E-state index contributed by atoms with van der Waals surface area (Å²) in [5.74, 6) is -1.34. The average Bonchev–Trinajstić information content (AvgIpc) is 2.36. The third-order valence-corrected chi connectivity index (χ3v) is 4.72. The van der Waals surface area contributed by atoms with E-state index >= 15 is 0 Å². The van der Waals surface area contributed by atoms with Crippen LogP contribution in [-0.4, -0.2) is 27.6 Å². The highest BCUT2D eigenvalue weighted by Gasteiger charge is 2.28. The van der Waals surface area contributed by atoms with E-state index in [0.29, 0.717) is 0 Å². The lowest BCUT2D eigenvalue weighted by Gasteiger charge is -2.15. The maximum absolute atomic E-state index is 12.3. The lowest BCUT2D eigenvalue weighted by atomic mass is 10.2. The zero-order chi connectivity index (χ0) is 15.8. The molecule has 0 amide bonds. The van der Waals surface area contributed by atoms with Crippen molar-refractivity contribution in [2.75, 3.05) is 6.61 Å². The van der Waals surface area contributed by atoms with Crippen molar-refractivity contribution in [2.45, 2.75) is 6.92 Å². The molecule has 9 heteroatoms. The molecule has 0 radical (unpaired) electrons.